The quantitative estimate of drug-likeness (QED) is 0.577. The third-order valence-corrected chi connectivity index (χ3v) is 2.49. The van der Waals surface area contributed by atoms with E-state index in [1.807, 2.05) is 6.92 Å². The van der Waals surface area contributed by atoms with Crippen LogP contribution in [-0.2, 0) is 0 Å². The molecule has 0 amide bonds. The maximum Gasteiger partial charge on any atom is 0.193 e. The van der Waals surface area contributed by atoms with Gasteiger partial charge in [0.2, 0.25) is 0 Å². The van der Waals surface area contributed by atoms with E-state index >= 15 is 0 Å². The highest BCUT2D eigenvalue weighted by molar-refractivity contribution is 7.18. The van der Waals surface area contributed by atoms with Gasteiger partial charge < -0.3 is 15.2 Å². The number of H-pyrrole nitrogens is 1. The molecule has 0 aliphatic heterocycles. The molecular weight excluding hydrogens is 176 g/mol. The van der Waals surface area contributed by atoms with Gasteiger partial charge in [-0.25, -0.2) is 4.98 Å². The smallest absolute Gasteiger partial charge is 0.193 e. The van der Waals surface area contributed by atoms with Gasteiger partial charge in [-0.15, -0.1) is 11.3 Å². The molecule has 0 unspecified atom stereocenters. The van der Waals surface area contributed by atoms with Crippen LogP contribution in [0.5, 0.6) is 0 Å². The van der Waals surface area contributed by atoms with Gasteiger partial charge in [-0.05, 0) is 13.0 Å². The number of hydrogen-bond donors (Lipinski definition) is 3. The molecule has 2 heterocycles. The number of aliphatic hydroxyl groups excluding tert-OH is 1. The van der Waals surface area contributed by atoms with E-state index in [9.17, 15) is 0 Å². The number of nitrogens with one attached hydrogen (secondary N) is 1. The molecule has 5 heteroatoms. The van der Waals surface area contributed by atoms with Gasteiger partial charge in [0.1, 0.15) is 10.3 Å². The lowest BCUT2D eigenvalue weighted by atomic mass is 10.4. The summed E-state index contributed by atoms with van der Waals surface area (Å²) in [4.78, 5) is 7.94. The Hall–Kier alpha value is -0.910. The second-order valence-electron chi connectivity index (χ2n) is 2.55. The maximum atomic E-state index is 8.81. The lowest BCUT2D eigenvalue weighted by molar-refractivity contribution is -0.0452. The van der Waals surface area contributed by atoms with E-state index in [4.69, 9.17) is 10.2 Å². The van der Waals surface area contributed by atoms with Gasteiger partial charge in [0.25, 0.3) is 0 Å². The number of hydrogen-bond acceptors (Lipinski definition) is 4. The molecule has 64 valence electrons. The van der Waals surface area contributed by atoms with Crippen LogP contribution in [0.1, 0.15) is 17.0 Å². The first kappa shape index (κ1) is 7.72. The molecule has 0 spiro atoms. The van der Waals surface area contributed by atoms with Gasteiger partial charge in [0, 0.05) is 0 Å². The fraction of sp³-hybridized carbons (Fsp3) is 0.286. The molecule has 2 aromatic heterocycles. The fourth-order valence-corrected chi connectivity index (χ4v) is 1.90. The third kappa shape index (κ3) is 1.12. The van der Waals surface area contributed by atoms with Crippen LogP contribution in [-0.4, -0.2) is 20.2 Å². The molecule has 0 saturated heterocycles. The minimum atomic E-state index is -1.44. The first-order valence-electron chi connectivity index (χ1n) is 3.49. The van der Waals surface area contributed by atoms with E-state index in [2.05, 4.69) is 9.97 Å². The Kier molecular flexibility index (Phi) is 1.64. The average Bonchev–Trinajstić information content (AvgIpc) is 2.42. The highest BCUT2D eigenvalue weighted by Gasteiger charge is 2.09. The van der Waals surface area contributed by atoms with Crippen molar-refractivity contribution in [3.63, 3.8) is 0 Å². The number of aromatic nitrogens is 2. The summed E-state index contributed by atoms with van der Waals surface area (Å²) in [5.41, 5.74) is 1.18. The van der Waals surface area contributed by atoms with Crippen LogP contribution < -0.4 is 0 Å². The zero-order chi connectivity index (χ0) is 8.72. The molecule has 3 N–H and O–H groups in total. The number of rotatable bonds is 1. The molecule has 0 aliphatic rings. The summed E-state index contributed by atoms with van der Waals surface area (Å²) in [5.74, 6) is 0. The van der Waals surface area contributed by atoms with Crippen LogP contribution in [0.3, 0.4) is 0 Å². The Morgan fingerprint density at radius 3 is 2.92 bits per heavy atom. The Labute approximate surface area is 72.5 Å². The van der Waals surface area contributed by atoms with Crippen LogP contribution in [0.15, 0.2) is 6.07 Å². The fourth-order valence-electron chi connectivity index (χ4n) is 1.08. The van der Waals surface area contributed by atoms with Crippen molar-refractivity contribution in [1.29, 1.82) is 0 Å². The van der Waals surface area contributed by atoms with Crippen molar-refractivity contribution in [2.45, 2.75) is 13.2 Å². The monoisotopic (exact) mass is 184 g/mol. The van der Waals surface area contributed by atoms with Gasteiger partial charge in [0.15, 0.2) is 6.29 Å². The van der Waals surface area contributed by atoms with E-state index in [1.54, 1.807) is 6.07 Å². The number of fused-ring (bicyclic) bond motifs is 1. The SMILES string of the molecule is Cc1nc2cc(C(O)O)[nH]c2s1. The van der Waals surface area contributed by atoms with Gasteiger partial charge in [0.05, 0.1) is 10.7 Å². The molecule has 12 heavy (non-hydrogen) atoms. The van der Waals surface area contributed by atoms with Crippen LogP contribution in [0.4, 0.5) is 0 Å². The highest BCUT2D eigenvalue weighted by atomic mass is 32.1. The first-order valence-corrected chi connectivity index (χ1v) is 4.30. The second-order valence-corrected chi connectivity index (χ2v) is 3.75. The third-order valence-electron chi connectivity index (χ3n) is 1.59. The van der Waals surface area contributed by atoms with E-state index < -0.39 is 6.29 Å². The zero-order valence-corrected chi connectivity index (χ0v) is 7.22. The first-order chi connectivity index (χ1) is 5.66. The van der Waals surface area contributed by atoms with Gasteiger partial charge in [-0.1, -0.05) is 0 Å². The van der Waals surface area contributed by atoms with Gasteiger partial charge >= 0.3 is 0 Å². The Balaban J connectivity index is 2.57. The summed E-state index contributed by atoms with van der Waals surface area (Å²) in [7, 11) is 0. The summed E-state index contributed by atoms with van der Waals surface area (Å²) in [6.07, 6.45) is -1.44. The van der Waals surface area contributed by atoms with Crippen molar-refractivity contribution in [1.82, 2.24) is 9.97 Å². The van der Waals surface area contributed by atoms with E-state index in [-0.39, 0.29) is 0 Å². The Morgan fingerprint density at radius 2 is 2.33 bits per heavy atom. The summed E-state index contributed by atoms with van der Waals surface area (Å²) in [6.45, 7) is 1.91. The Bertz CT molecular complexity index is 373. The molecule has 2 rings (SSSR count). The number of aryl methyl sites for hydroxylation is 1. The number of aliphatic hydroxyl groups is 2. The Morgan fingerprint density at radius 1 is 1.58 bits per heavy atom. The van der Waals surface area contributed by atoms with Crippen molar-refractivity contribution in [2.75, 3.05) is 0 Å². The average molecular weight is 184 g/mol. The molecule has 0 atom stereocenters. The predicted octanol–water partition coefficient (Wildman–Crippen LogP) is 0.916. The normalized spacial score (nSPS) is 11.7. The van der Waals surface area contributed by atoms with Crippen LogP contribution >= 0.6 is 11.3 Å². The highest BCUT2D eigenvalue weighted by Crippen LogP contribution is 2.23. The molecule has 2 aromatic rings. The van der Waals surface area contributed by atoms with Crippen molar-refractivity contribution < 1.29 is 10.2 Å². The minimum absolute atomic E-state index is 0.392. The largest absolute Gasteiger partial charge is 0.363 e. The second kappa shape index (κ2) is 2.55. The van der Waals surface area contributed by atoms with E-state index in [0.29, 0.717) is 5.69 Å². The zero-order valence-electron chi connectivity index (χ0n) is 6.40. The van der Waals surface area contributed by atoms with Crippen LogP contribution in [0, 0.1) is 6.92 Å². The summed E-state index contributed by atoms with van der Waals surface area (Å²) in [6, 6.07) is 1.64. The molecule has 0 saturated carbocycles. The summed E-state index contributed by atoms with van der Waals surface area (Å²) in [5, 5.41) is 18.6. The molecule has 0 fully saturated rings. The number of thiazole rings is 1. The topological polar surface area (TPSA) is 69.1 Å². The van der Waals surface area contributed by atoms with E-state index in [0.717, 1.165) is 15.4 Å². The molecule has 0 radical (unpaired) electrons. The number of aromatic amines is 1. The maximum absolute atomic E-state index is 8.81. The summed E-state index contributed by atoms with van der Waals surface area (Å²) < 4.78 is 0. The lowest BCUT2D eigenvalue weighted by Gasteiger charge is -1.96. The van der Waals surface area contributed by atoms with Crippen molar-refractivity contribution >= 4 is 21.7 Å². The molecular formula is C7H8N2O2S. The lowest BCUT2D eigenvalue weighted by Crippen LogP contribution is -1.93. The molecule has 0 aromatic carbocycles. The van der Waals surface area contributed by atoms with Crippen molar-refractivity contribution in [3.8, 4) is 0 Å². The predicted molar refractivity (Wildman–Crippen MR) is 45.9 cm³/mol. The minimum Gasteiger partial charge on any atom is -0.363 e. The van der Waals surface area contributed by atoms with E-state index in [1.165, 1.54) is 11.3 Å². The molecule has 0 bridgehead atoms. The van der Waals surface area contributed by atoms with Crippen LogP contribution in [0.2, 0.25) is 0 Å². The van der Waals surface area contributed by atoms with Crippen LogP contribution in [0.25, 0.3) is 10.3 Å². The van der Waals surface area contributed by atoms with Gasteiger partial charge in [-0.2, -0.15) is 0 Å². The van der Waals surface area contributed by atoms with Crippen molar-refractivity contribution in [2.24, 2.45) is 0 Å². The van der Waals surface area contributed by atoms with Gasteiger partial charge in [-0.3, -0.25) is 0 Å². The molecule has 4 nitrogen and oxygen atoms in total. The van der Waals surface area contributed by atoms with Crippen molar-refractivity contribution in [3.05, 3.63) is 16.8 Å². The summed E-state index contributed by atoms with van der Waals surface area (Å²) >= 11 is 1.50. The molecule has 0 aliphatic carbocycles. The number of nitrogens with zero attached hydrogens (tertiary/aromatic N) is 1. The standard InChI is InChI=1S/C7H8N2O2S/c1-3-8-4-2-5(7(10)11)9-6(4)12-3/h2,7,9-11H,1H3.